The quantitative estimate of drug-likeness (QED) is 0.547. The van der Waals surface area contributed by atoms with Crippen molar-refractivity contribution in [3.05, 3.63) is 53.7 Å². The maximum atomic E-state index is 12.5. The van der Waals surface area contributed by atoms with Gasteiger partial charge in [-0.2, -0.15) is 0 Å². The zero-order valence-electron chi connectivity index (χ0n) is 16.5. The summed E-state index contributed by atoms with van der Waals surface area (Å²) in [7, 11) is 7.80. The Morgan fingerprint density at radius 3 is 1.93 bits per heavy atom. The molecule has 6 heteroatoms. The monoisotopic (exact) mass is 371 g/mol. The Balaban J connectivity index is 2.56. The average molecular weight is 371 g/mol. The predicted octanol–water partition coefficient (Wildman–Crippen LogP) is 3.67. The second-order valence-corrected chi connectivity index (χ2v) is 5.89. The third-order valence-electron chi connectivity index (χ3n) is 4.15. The van der Waals surface area contributed by atoms with Gasteiger partial charge in [-0.15, -0.1) is 0 Å². The van der Waals surface area contributed by atoms with E-state index in [1.165, 1.54) is 28.4 Å². The molecule has 0 saturated carbocycles. The van der Waals surface area contributed by atoms with Crippen LogP contribution >= 0.6 is 0 Å². The van der Waals surface area contributed by atoms with E-state index in [1.54, 1.807) is 18.3 Å². The van der Waals surface area contributed by atoms with Crippen LogP contribution in [0.4, 0.5) is 5.69 Å². The van der Waals surface area contributed by atoms with Gasteiger partial charge in [0, 0.05) is 18.9 Å². The van der Waals surface area contributed by atoms with Crippen LogP contribution < -0.4 is 19.1 Å². The molecule has 0 fully saturated rings. The highest BCUT2D eigenvalue weighted by atomic mass is 16.5. The van der Waals surface area contributed by atoms with Gasteiger partial charge in [0.2, 0.25) is 5.75 Å². The number of esters is 1. The van der Waals surface area contributed by atoms with Crippen molar-refractivity contribution in [2.24, 2.45) is 0 Å². The van der Waals surface area contributed by atoms with E-state index in [0.717, 1.165) is 11.3 Å². The molecule has 0 aromatic heterocycles. The van der Waals surface area contributed by atoms with Crippen LogP contribution in [0.25, 0.3) is 5.57 Å². The third kappa shape index (κ3) is 4.53. The molecule has 0 bridgehead atoms. The molecule has 0 N–H and O–H groups in total. The summed E-state index contributed by atoms with van der Waals surface area (Å²) in [6.45, 7) is 2.02. The van der Waals surface area contributed by atoms with E-state index >= 15 is 0 Å². The number of hydrogen-bond donors (Lipinski definition) is 0. The molecule has 2 rings (SSSR count). The van der Waals surface area contributed by atoms with Gasteiger partial charge in [0.05, 0.1) is 34.0 Å². The number of methoxy groups -OCH3 is 4. The summed E-state index contributed by atoms with van der Waals surface area (Å²) >= 11 is 0. The predicted molar refractivity (Wildman–Crippen MR) is 106 cm³/mol. The summed E-state index contributed by atoms with van der Waals surface area (Å²) in [4.78, 5) is 14.3. The van der Waals surface area contributed by atoms with E-state index < -0.39 is 5.97 Å². The number of carbonyl (C=O) groups is 1. The number of anilines is 1. The van der Waals surface area contributed by atoms with Crippen molar-refractivity contribution in [3.63, 3.8) is 0 Å². The molecule has 0 spiro atoms. The molecule has 2 aromatic rings. The molecular weight excluding hydrogens is 346 g/mol. The fraction of sp³-hybridized carbons (Fsp3) is 0.286. The van der Waals surface area contributed by atoms with Crippen LogP contribution in [-0.2, 0) is 9.53 Å². The van der Waals surface area contributed by atoms with Crippen LogP contribution in [0.5, 0.6) is 17.2 Å². The van der Waals surface area contributed by atoms with Crippen molar-refractivity contribution in [1.82, 2.24) is 0 Å². The molecule has 0 atom stereocenters. The van der Waals surface area contributed by atoms with E-state index in [9.17, 15) is 4.79 Å². The number of nitrogens with zero attached hydrogens (tertiary/aromatic N) is 1. The normalized spacial score (nSPS) is 11.0. The summed E-state index contributed by atoms with van der Waals surface area (Å²) in [6.07, 6.45) is 1.72. The topological polar surface area (TPSA) is 57.2 Å². The molecule has 0 saturated heterocycles. The first-order chi connectivity index (χ1) is 12.9. The first-order valence-corrected chi connectivity index (χ1v) is 8.35. The van der Waals surface area contributed by atoms with Crippen molar-refractivity contribution in [3.8, 4) is 17.2 Å². The Hall–Kier alpha value is -3.15. The van der Waals surface area contributed by atoms with Gasteiger partial charge in [0.1, 0.15) is 0 Å². The van der Waals surface area contributed by atoms with Crippen LogP contribution in [0.15, 0.2) is 42.6 Å². The Morgan fingerprint density at radius 2 is 1.48 bits per heavy atom. The maximum Gasteiger partial charge on any atom is 0.339 e. The van der Waals surface area contributed by atoms with Gasteiger partial charge in [0.25, 0.3) is 0 Å². The fourth-order valence-electron chi connectivity index (χ4n) is 2.64. The molecule has 6 nitrogen and oxygen atoms in total. The number of hydrogen-bond acceptors (Lipinski definition) is 6. The van der Waals surface area contributed by atoms with Crippen molar-refractivity contribution < 1.29 is 23.7 Å². The van der Waals surface area contributed by atoms with Gasteiger partial charge in [-0.3, -0.25) is 0 Å². The van der Waals surface area contributed by atoms with Crippen molar-refractivity contribution in [2.45, 2.75) is 6.92 Å². The Bertz CT molecular complexity index is 802. The summed E-state index contributed by atoms with van der Waals surface area (Å²) in [5.74, 6) is 0.905. The van der Waals surface area contributed by atoms with Gasteiger partial charge in [-0.1, -0.05) is 17.7 Å². The Morgan fingerprint density at radius 1 is 0.926 bits per heavy atom. The first kappa shape index (κ1) is 20.2. The zero-order valence-corrected chi connectivity index (χ0v) is 16.5. The SMILES string of the molecule is COC(=O)/C(=C\N(C)c1ccc(C)cc1)c1cc(OC)c(OC)c(OC)c1. The number of aryl methyl sites for hydroxylation is 1. The van der Waals surface area contributed by atoms with Crippen molar-refractivity contribution in [2.75, 3.05) is 40.4 Å². The van der Waals surface area contributed by atoms with E-state index in [0.29, 0.717) is 28.4 Å². The summed E-state index contributed by atoms with van der Waals surface area (Å²) in [5, 5.41) is 0. The number of ether oxygens (including phenoxy) is 4. The van der Waals surface area contributed by atoms with E-state index in [-0.39, 0.29) is 0 Å². The minimum Gasteiger partial charge on any atom is -0.493 e. The van der Waals surface area contributed by atoms with E-state index in [4.69, 9.17) is 18.9 Å². The van der Waals surface area contributed by atoms with Crippen LogP contribution in [0.3, 0.4) is 0 Å². The molecule has 0 amide bonds. The van der Waals surface area contributed by atoms with Crippen LogP contribution in [0.1, 0.15) is 11.1 Å². The summed E-state index contributed by atoms with van der Waals surface area (Å²) in [5.41, 5.74) is 3.05. The van der Waals surface area contributed by atoms with Crippen LogP contribution in [0.2, 0.25) is 0 Å². The Labute approximate surface area is 159 Å². The van der Waals surface area contributed by atoms with Gasteiger partial charge in [-0.05, 0) is 36.8 Å². The van der Waals surface area contributed by atoms with Crippen molar-refractivity contribution >= 4 is 17.2 Å². The van der Waals surface area contributed by atoms with Gasteiger partial charge in [0.15, 0.2) is 11.5 Å². The van der Waals surface area contributed by atoms with Gasteiger partial charge >= 0.3 is 5.97 Å². The lowest BCUT2D eigenvalue weighted by molar-refractivity contribution is -0.133. The number of rotatable bonds is 7. The second kappa shape index (κ2) is 8.98. The highest BCUT2D eigenvalue weighted by Crippen LogP contribution is 2.40. The molecule has 0 heterocycles. The first-order valence-electron chi connectivity index (χ1n) is 8.35. The Kier molecular flexibility index (Phi) is 6.71. The minimum absolute atomic E-state index is 0.361. The smallest absolute Gasteiger partial charge is 0.339 e. The molecule has 2 aromatic carbocycles. The van der Waals surface area contributed by atoms with Gasteiger partial charge in [-0.25, -0.2) is 4.79 Å². The molecule has 0 aliphatic carbocycles. The zero-order chi connectivity index (χ0) is 20.0. The van der Waals surface area contributed by atoms with E-state index in [2.05, 4.69) is 0 Å². The second-order valence-electron chi connectivity index (χ2n) is 5.89. The lowest BCUT2D eigenvalue weighted by Gasteiger charge is -2.18. The maximum absolute atomic E-state index is 12.5. The minimum atomic E-state index is -0.469. The van der Waals surface area contributed by atoms with Crippen molar-refractivity contribution in [1.29, 1.82) is 0 Å². The summed E-state index contributed by atoms with van der Waals surface area (Å²) < 4.78 is 21.1. The molecule has 0 unspecified atom stereocenters. The molecule has 27 heavy (non-hydrogen) atoms. The lowest BCUT2D eigenvalue weighted by Crippen LogP contribution is -2.13. The van der Waals surface area contributed by atoms with Crippen LogP contribution in [0, 0.1) is 6.92 Å². The summed E-state index contributed by atoms with van der Waals surface area (Å²) in [6, 6.07) is 11.4. The molecule has 0 aliphatic rings. The lowest BCUT2D eigenvalue weighted by atomic mass is 10.0. The standard InChI is InChI=1S/C21H25NO5/c1-14-7-9-16(10-8-14)22(2)13-17(21(23)27-6)15-11-18(24-3)20(26-5)19(12-15)25-4/h7-13H,1-6H3/b17-13-. The highest BCUT2D eigenvalue weighted by Gasteiger charge is 2.20. The average Bonchev–Trinajstić information content (AvgIpc) is 2.70. The number of carbonyl (C=O) groups excluding carboxylic acids is 1. The largest absolute Gasteiger partial charge is 0.493 e. The van der Waals surface area contributed by atoms with E-state index in [1.807, 2.05) is 43.1 Å². The molecule has 144 valence electrons. The van der Waals surface area contributed by atoms with Crippen LogP contribution in [-0.4, -0.2) is 41.5 Å². The molecule has 0 aliphatic heterocycles. The highest BCUT2D eigenvalue weighted by molar-refractivity contribution is 6.17. The fourth-order valence-corrected chi connectivity index (χ4v) is 2.64. The van der Waals surface area contributed by atoms with Gasteiger partial charge < -0.3 is 23.8 Å². The molecule has 0 radical (unpaired) electrons. The third-order valence-corrected chi connectivity index (χ3v) is 4.15. The number of benzene rings is 2. The molecular formula is C21H25NO5.